The molecule has 3 aliphatic rings. The molecule has 2 aromatic rings. The van der Waals surface area contributed by atoms with Gasteiger partial charge in [0.1, 0.15) is 12.4 Å². The number of sulfonamides is 1. The van der Waals surface area contributed by atoms with Gasteiger partial charge in [0, 0.05) is 32.7 Å². The lowest BCUT2D eigenvalue weighted by atomic mass is 9.73. The van der Waals surface area contributed by atoms with E-state index in [9.17, 15) is 13.2 Å². The van der Waals surface area contributed by atoms with Gasteiger partial charge >= 0.3 is 0 Å². The molecule has 1 amide bonds. The van der Waals surface area contributed by atoms with Gasteiger partial charge in [0.15, 0.2) is 0 Å². The van der Waals surface area contributed by atoms with Crippen molar-refractivity contribution >= 4 is 15.9 Å². The Labute approximate surface area is 234 Å². The molecule has 2 aliphatic heterocycles. The number of hydrogen-bond acceptors (Lipinski definition) is 5. The van der Waals surface area contributed by atoms with Crippen LogP contribution in [0.25, 0.3) is 0 Å². The number of ether oxygens (including phenoxy) is 1. The average Bonchev–Trinajstić information content (AvgIpc) is 3.75. The van der Waals surface area contributed by atoms with E-state index in [0.29, 0.717) is 19.7 Å². The van der Waals surface area contributed by atoms with Crippen LogP contribution in [-0.2, 0) is 21.2 Å². The van der Waals surface area contributed by atoms with Crippen LogP contribution in [0, 0.1) is 18.3 Å². The van der Waals surface area contributed by atoms with E-state index in [1.165, 1.54) is 24.8 Å². The van der Waals surface area contributed by atoms with Crippen molar-refractivity contribution in [1.82, 2.24) is 14.5 Å². The molecule has 5 rings (SSSR count). The highest BCUT2D eigenvalue weighted by Crippen LogP contribution is 2.39. The van der Waals surface area contributed by atoms with Crippen LogP contribution in [0.15, 0.2) is 53.4 Å². The molecular formula is C31H43N3O4S. The number of likely N-dealkylation sites (tertiary alicyclic amines) is 1. The molecular weight excluding hydrogens is 510 g/mol. The SMILES string of the molecule is Cc1ccc(S(=O)(=O)NCC(=O)N2CCC3(CCCCc4ccccc4OCCN(CC4CC4)C3)CC2)cc1. The fourth-order valence-electron chi connectivity index (χ4n) is 6.11. The summed E-state index contributed by atoms with van der Waals surface area (Å²) in [5.41, 5.74) is 2.48. The van der Waals surface area contributed by atoms with Crippen LogP contribution in [0.3, 0.4) is 0 Å². The van der Waals surface area contributed by atoms with Crippen LogP contribution >= 0.6 is 0 Å². The molecule has 0 bridgehead atoms. The Morgan fingerprint density at radius 1 is 1.00 bits per heavy atom. The Morgan fingerprint density at radius 2 is 1.74 bits per heavy atom. The van der Waals surface area contributed by atoms with E-state index in [1.54, 1.807) is 24.3 Å². The van der Waals surface area contributed by atoms with Crippen LogP contribution in [0.5, 0.6) is 5.75 Å². The van der Waals surface area contributed by atoms with Gasteiger partial charge in [-0.15, -0.1) is 0 Å². The molecule has 212 valence electrons. The van der Waals surface area contributed by atoms with Crippen LogP contribution in [0.1, 0.15) is 56.1 Å². The van der Waals surface area contributed by atoms with Crippen molar-refractivity contribution in [3.63, 3.8) is 0 Å². The number of fused-ring (bicyclic) bond motifs is 1. The molecule has 0 radical (unpaired) electrons. The van der Waals surface area contributed by atoms with E-state index >= 15 is 0 Å². The van der Waals surface area contributed by atoms with Gasteiger partial charge in [0.25, 0.3) is 0 Å². The first kappa shape index (κ1) is 28.1. The van der Waals surface area contributed by atoms with Crippen molar-refractivity contribution in [2.75, 3.05) is 45.9 Å². The summed E-state index contributed by atoms with van der Waals surface area (Å²) in [6.45, 7) is 6.89. The topological polar surface area (TPSA) is 79.0 Å². The second-order valence-corrected chi connectivity index (χ2v) is 13.6. The molecule has 2 aromatic carbocycles. The minimum Gasteiger partial charge on any atom is -0.492 e. The number of nitrogens with one attached hydrogen (secondary N) is 1. The number of amides is 1. The zero-order valence-corrected chi connectivity index (χ0v) is 24.1. The maximum absolute atomic E-state index is 13.0. The van der Waals surface area contributed by atoms with Crippen LogP contribution in [-0.4, -0.2) is 70.0 Å². The third kappa shape index (κ3) is 7.62. The quantitative estimate of drug-likeness (QED) is 0.574. The summed E-state index contributed by atoms with van der Waals surface area (Å²) in [6, 6.07) is 15.1. The Kier molecular flexibility index (Phi) is 8.94. The number of rotatable bonds is 6. The summed E-state index contributed by atoms with van der Waals surface area (Å²) in [5, 5.41) is 0. The van der Waals surface area contributed by atoms with Crippen molar-refractivity contribution in [2.45, 2.75) is 63.2 Å². The van der Waals surface area contributed by atoms with Gasteiger partial charge in [-0.1, -0.05) is 42.3 Å². The Balaban J connectivity index is 1.20. The van der Waals surface area contributed by atoms with Crippen LogP contribution < -0.4 is 9.46 Å². The van der Waals surface area contributed by atoms with E-state index < -0.39 is 10.0 Å². The molecule has 1 saturated carbocycles. The molecule has 1 spiro atoms. The van der Waals surface area contributed by atoms with Crippen molar-refractivity contribution in [3.8, 4) is 5.75 Å². The number of carbonyl (C=O) groups is 1. The van der Waals surface area contributed by atoms with Gasteiger partial charge in [0.05, 0.1) is 11.4 Å². The zero-order chi connectivity index (χ0) is 27.3. The molecule has 1 aliphatic carbocycles. The number of para-hydroxylation sites is 1. The maximum atomic E-state index is 13.0. The highest BCUT2D eigenvalue weighted by molar-refractivity contribution is 7.89. The summed E-state index contributed by atoms with van der Waals surface area (Å²) >= 11 is 0. The van der Waals surface area contributed by atoms with E-state index in [4.69, 9.17) is 4.74 Å². The van der Waals surface area contributed by atoms with Gasteiger partial charge in [-0.3, -0.25) is 9.69 Å². The lowest BCUT2D eigenvalue weighted by molar-refractivity contribution is -0.132. The molecule has 1 saturated heterocycles. The van der Waals surface area contributed by atoms with E-state index in [0.717, 1.165) is 69.0 Å². The minimum atomic E-state index is -3.71. The number of aryl methyl sites for hydroxylation is 2. The number of piperidine rings is 1. The fourth-order valence-corrected chi connectivity index (χ4v) is 7.09. The van der Waals surface area contributed by atoms with Gasteiger partial charge in [0.2, 0.25) is 15.9 Å². The van der Waals surface area contributed by atoms with Crippen molar-refractivity contribution in [3.05, 3.63) is 59.7 Å². The van der Waals surface area contributed by atoms with Gasteiger partial charge in [-0.05, 0) is 87.0 Å². The largest absolute Gasteiger partial charge is 0.492 e. The molecule has 7 nitrogen and oxygen atoms in total. The molecule has 8 heteroatoms. The molecule has 0 atom stereocenters. The van der Waals surface area contributed by atoms with Gasteiger partial charge in [-0.25, -0.2) is 13.1 Å². The highest BCUT2D eigenvalue weighted by atomic mass is 32.2. The van der Waals surface area contributed by atoms with E-state index in [-0.39, 0.29) is 22.8 Å². The Morgan fingerprint density at radius 3 is 2.49 bits per heavy atom. The monoisotopic (exact) mass is 553 g/mol. The lowest BCUT2D eigenvalue weighted by Crippen LogP contribution is -2.50. The molecule has 1 N–H and O–H groups in total. The fraction of sp³-hybridized carbons (Fsp3) is 0.581. The van der Waals surface area contributed by atoms with Crippen molar-refractivity contribution in [2.24, 2.45) is 11.3 Å². The predicted octanol–water partition coefficient (Wildman–Crippen LogP) is 4.40. The van der Waals surface area contributed by atoms with E-state index in [2.05, 4.69) is 33.9 Å². The van der Waals surface area contributed by atoms with E-state index in [1.807, 2.05) is 11.8 Å². The summed E-state index contributed by atoms with van der Waals surface area (Å²) in [4.78, 5) is 17.7. The zero-order valence-electron chi connectivity index (χ0n) is 23.2. The van der Waals surface area contributed by atoms with Crippen molar-refractivity contribution in [1.29, 1.82) is 0 Å². The second-order valence-electron chi connectivity index (χ2n) is 11.9. The standard InChI is InChI=1S/C31H43N3O4S/c1-25-9-13-28(14-10-25)39(36,37)32-22-30(35)34-18-16-31(17-19-34)15-5-4-7-27-6-2-3-8-29(27)38-21-20-33(24-31)23-26-11-12-26/h2-3,6,8-10,13-14,26,32H,4-5,7,11-12,15-24H2,1H3. The number of carbonyl (C=O) groups excluding carboxylic acids is 1. The Bertz CT molecular complexity index is 1220. The van der Waals surface area contributed by atoms with Crippen molar-refractivity contribution < 1.29 is 17.9 Å². The first-order valence-electron chi connectivity index (χ1n) is 14.6. The molecule has 0 aromatic heterocycles. The summed E-state index contributed by atoms with van der Waals surface area (Å²) in [6.07, 6.45) is 9.07. The number of hydrogen-bond donors (Lipinski definition) is 1. The lowest BCUT2D eigenvalue weighted by Gasteiger charge is -2.45. The molecule has 0 unspecified atom stereocenters. The number of nitrogens with zero attached hydrogens (tertiary/aromatic N) is 2. The van der Waals surface area contributed by atoms with Gasteiger partial charge < -0.3 is 9.64 Å². The molecule has 2 fully saturated rings. The van der Waals surface area contributed by atoms with Gasteiger partial charge in [-0.2, -0.15) is 0 Å². The third-order valence-corrected chi connectivity index (χ3v) is 10.2. The highest BCUT2D eigenvalue weighted by Gasteiger charge is 2.38. The first-order valence-corrected chi connectivity index (χ1v) is 16.1. The van der Waals surface area contributed by atoms with Crippen LogP contribution in [0.4, 0.5) is 0 Å². The first-order chi connectivity index (χ1) is 18.8. The smallest absolute Gasteiger partial charge is 0.241 e. The summed E-state index contributed by atoms with van der Waals surface area (Å²) < 4.78 is 34.1. The number of benzene rings is 2. The third-order valence-electron chi connectivity index (χ3n) is 8.73. The molecule has 39 heavy (non-hydrogen) atoms. The Hall–Kier alpha value is -2.42. The average molecular weight is 554 g/mol. The van der Waals surface area contributed by atoms with Crippen LogP contribution in [0.2, 0.25) is 0 Å². The predicted molar refractivity (Wildman–Crippen MR) is 153 cm³/mol. The molecule has 2 heterocycles. The summed E-state index contributed by atoms with van der Waals surface area (Å²) in [7, 11) is -3.71. The maximum Gasteiger partial charge on any atom is 0.241 e. The normalized spacial score (nSPS) is 20.9. The minimum absolute atomic E-state index is 0.145. The summed E-state index contributed by atoms with van der Waals surface area (Å²) in [5.74, 6) is 1.70. The second kappa shape index (κ2) is 12.4.